The highest BCUT2D eigenvalue weighted by Crippen LogP contribution is 2.48. The predicted molar refractivity (Wildman–Crippen MR) is 98.9 cm³/mol. The van der Waals surface area contributed by atoms with Crippen LogP contribution in [0.25, 0.3) is 0 Å². The second kappa shape index (κ2) is 7.19. The number of aromatic hydroxyl groups is 1. The fraction of sp³-hybridized carbons (Fsp3) is 0.350. The Bertz CT molecular complexity index is 843. The van der Waals surface area contributed by atoms with Gasteiger partial charge in [-0.15, -0.1) is 0 Å². The van der Waals surface area contributed by atoms with Crippen LogP contribution in [0.5, 0.6) is 11.5 Å². The van der Waals surface area contributed by atoms with Gasteiger partial charge in [-0.05, 0) is 23.8 Å². The molecule has 2 aromatic carbocycles. The molecule has 4 rings (SSSR count). The van der Waals surface area contributed by atoms with Gasteiger partial charge in [-0.2, -0.15) is 0 Å². The molecule has 7 nitrogen and oxygen atoms in total. The number of likely N-dealkylation sites (tertiary alicyclic amines) is 1. The van der Waals surface area contributed by atoms with Gasteiger partial charge in [0.1, 0.15) is 17.5 Å². The Morgan fingerprint density at radius 1 is 1.11 bits per heavy atom. The highest BCUT2D eigenvalue weighted by molar-refractivity contribution is 5.86. The summed E-state index contributed by atoms with van der Waals surface area (Å²) in [5, 5.41) is 19.8. The molecule has 0 bridgehead atoms. The number of nitrogens with one attached hydrogen (secondary N) is 2. The fourth-order valence-corrected chi connectivity index (χ4v) is 4.30. The zero-order valence-corrected chi connectivity index (χ0v) is 15.0. The number of aliphatic hydroxyl groups is 1. The first-order chi connectivity index (χ1) is 13.2. The monoisotopic (exact) mass is 369 g/mol. The number of para-hydroxylation sites is 1. The lowest BCUT2D eigenvalue weighted by Crippen LogP contribution is -2.42. The number of fused-ring (bicyclic) bond motifs is 1. The second-order valence-electron chi connectivity index (χ2n) is 6.86. The number of phenols is 1. The number of aliphatic hydroxyl groups excluding tert-OH is 1. The fourth-order valence-electron chi connectivity index (χ4n) is 4.30. The third kappa shape index (κ3) is 2.93. The summed E-state index contributed by atoms with van der Waals surface area (Å²) in [5.41, 5.74) is 7.96. The smallest absolute Gasteiger partial charge is 0.242 e. The zero-order valence-electron chi connectivity index (χ0n) is 15.0. The maximum absolute atomic E-state index is 13.0. The number of rotatable bonds is 5. The number of benzene rings is 2. The Balaban J connectivity index is 1.79. The van der Waals surface area contributed by atoms with Crippen LogP contribution in [-0.4, -0.2) is 47.3 Å². The molecule has 0 aliphatic carbocycles. The molecule has 4 N–H and O–H groups in total. The topological polar surface area (TPSA) is 94.1 Å². The number of phenolic OH excluding ortho intramolecular Hbond substituents is 1. The largest absolute Gasteiger partial charge is 0.508 e. The molecule has 142 valence electrons. The number of hydrogen-bond donors (Lipinski definition) is 4. The molecule has 2 fully saturated rings. The Morgan fingerprint density at radius 3 is 2.63 bits per heavy atom. The number of hydrogen-bond acceptors (Lipinski definition) is 6. The summed E-state index contributed by atoms with van der Waals surface area (Å²) in [7, 11) is 1.61. The van der Waals surface area contributed by atoms with Gasteiger partial charge in [0.25, 0.3) is 0 Å². The Kier molecular flexibility index (Phi) is 4.73. The van der Waals surface area contributed by atoms with E-state index in [1.165, 1.54) is 0 Å². The lowest BCUT2D eigenvalue weighted by Gasteiger charge is -2.31. The molecule has 2 aliphatic rings. The van der Waals surface area contributed by atoms with Crippen molar-refractivity contribution in [1.82, 2.24) is 15.8 Å². The molecular formula is C20H23N3O4. The van der Waals surface area contributed by atoms with Crippen molar-refractivity contribution >= 4 is 5.91 Å². The number of hydrazine groups is 1. The van der Waals surface area contributed by atoms with E-state index in [9.17, 15) is 15.0 Å². The normalized spacial score (nSPS) is 27.0. The van der Waals surface area contributed by atoms with Crippen LogP contribution in [0.4, 0.5) is 0 Å². The number of carbonyl (C=O) groups is 1. The first-order valence-electron chi connectivity index (χ1n) is 9.00. The van der Waals surface area contributed by atoms with E-state index in [1.807, 2.05) is 36.4 Å². The molecule has 0 aromatic heterocycles. The molecule has 4 unspecified atom stereocenters. The summed E-state index contributed by atoms with van der Waals surface area (Å²) in [6.07, 6.45) is 0. The van der Waals surface area contributed by atoms with E-state index in [0.717, 1.165) is 11.1 Å². The summed E-state index contributed by atoms with van der Waals surface area (Å²) < 4.78 is 5.35. The molecule has 0 spiro atoms. The van der Waals surface area contributed by atoms with Crippen LogP contribution in [-0.2, 0) is 4.79 Å². The predicted octanol–water partition coefficient (Wildman–Crippen LogP) is 1.11. The number of β-amino-alcohol motifs (C(OH)–C–C–N with tert-alkyl or cyclic N) is 1. The van der Waals surface area contributed by atoms with Gasteiger partial charge in [-0.1, -0.05) is 30.3 Å². The van der Waals surface area contributed by atoms with Gasteiger partial charge in [0.15, 0.2) is 0 Å². The molecule has 7 heteroatoms. The van der Waals surface area contributed by atoms with Crippen molar-refractivity contribution in [2.24, 2.45) is 5.92 Å². The van der Waals surface area contributed by atoms with Gasteiger partial charge in [0.2, 0.25) is 5.91 Å². The van der Waals surface area contributed by atoms with Crippen molar-refractivity contribution in [3.8, 4) is 11.5 Å². The summed E-state index contributed by atoms with van der Waals surface area (Å²) in [4.78, 5) is 14.7. The Hall–Kier alpha value is -2.61. The number of amides is 1. The van der Waals surface area contributed by atoms with Crippen LogP contribution in [0.2, 0.25) is 0 Å². The molecule has 4 atom stereocenters. The van der Waals surface area contributed by atoms with E-state index in [2.05, 4.69) is 10.9 Å². The highest BCUT2D eigenvalue weighted by atomic mass is 16.5. The van der Waals surface area contributed by atoms with Crippen molar-refractivity contribution in [1.29, 1.82) is 0 Å². The van der Waals surface area contributed by atoms with Gasteiger partial charge < -0.3 is 19.8 Å². The Labute approximate surface area is 157 Å². The Morgan fingerprint density at radius 2 is 1.89 bits per heavy atom. The van der Waals surface area contributed by atoms with Crippen molar-refractivity contribution in [3.63, 3.8) is 0 Å². The average Bonchev–Trinajstić information content (AvgIpc) is 3.22. The third-order valence-corrected chi connectivity index (χ3v) is 5.46. The molecule has 27 heavy (non-hydrogen) atoms. The van der Waals surface area contributed by atoms with Crippen molar-refractivity contribution in [2.45, 2.75) is 18.1 Å². The number of carbonyl (C=O) groups excluding carboxylic acids is 1. The highest BCUT2D eigenvalue weighted by Gasteiger charge is 2.55. The first-order valence-corrected chi connectivity index (χ1v) is 9.00. The zero-order chi connectivity index (χ0) is 19.0. The quantitative estimate of drug-likeness (QED) is 0.631. The van der Waals surface area contributed by atoms with Crippen LogP contribution in [0.1, 0.15) is 23.2 Å². The molecule has 0 radical (unpaired) electrons. The molecule has 0 saturated carbocycles. The SMILES string of the molecule is COc1cccc(C2C3C(NNC3c3ccccc3O)C(=O)N2CCO)c1. The van der Waals surface area contributed by atoms with Gasteiger partial charge in [-0.25, -0.2) is 10.9 Å². The summed E-state index contributed by atoms with van der Waals surface area (Å²) in [6.45, 7) is 0.142. The number of nitrogens with zero attached hydrogens (tertiary/aromatic N) is 1. The molecule has 2 aliphatic heterocycles. The maximum atomic E-state index is 13.0. The maximum Gasteiger partial charge on any atom is 0.242 e. The number of ether oxygens (including phenoxy) is 1. The summed E-state index contributed by atoms with van der Waals surface area (Å²) in [6, 6.07) is 13.9. The van der Waals surface area contributed by atoms with Gasteiger partial charge in [0.05, 0.1) is 25.8 Å². The van der Waals surface area contributed by atoms with Crippen LogP contribution < -0.4 is 15.6 Å². The lowest BCUT2D eigenvalue weighted by atomic mass is 9.83. The first kappa shape index (κ1) is 17.8. The second-order valence-corrected chi connectivity index (χ2v) is 6.86. The van der Waals surface area contributed by atoms with Crippen LogP contribution in [0, 0.1) is 5.92 Å². The van der Waals surface area contributed by atoms with E-state index in [0.29, 0.717) is 5.75 Å². The van der Waals surface area contributed by atoms with E-state index in [-0.39, 0.29) is 42.8 Å². The molecule has 2 heterocycles. The molecule has 1 amide bonds. The lowest BCUT2D eigenvalue weighted by molar-refractivity contribution is -0.131. The summed E-state index contributed by atoms with van der Waals surface area (Å²) >= 11 is 0. The molecule has 2 saturated heterocycles. The minimum absolute atomic E-state index is 0.0627. The van der Waals surface area contributed by atoms with Gasteiger partial charge in [-0.3, -0.25) is 4.79 Å². The standard InChI is InChI=1S/C20H23N3O4/c1-27-13-6-4-5-12(11-13)19-16-17(14-7-2-3-8-15(14)25)21-22-18(16)20(26)23(19)9-10-24/h2-8,11,16-19,21-22,24-25H,9-10H2,1H3. The van der Waals surface area contributed by atoms with E-state index >= 15 is 0 Å². The number of methoxy groups -OCH3 is 1. The van der Waals surface area contributed by atoms with Crippen molar-refractivity contribution < 1.29 is 19.7 Å². The van der Waals surface area contributed by atoms with Crippen LogP contribution in [0.3, 0.4) is 0 Å². The van der Waals surface area contributed by atoms with Crippen molar-refractivity contribution in [2.75, 3.05) is 20.3 Å². The third-order valence-electron chi connectivity index (χ3n) is 5.46. The van der Waals surface area contributed by atoms with Crippen LogP contribution in [0.15, 0.2) is 48.5 Å². The average molecular weight is 369 g/mol. The van der Waals surface area contributed by atoms with Gasteiger partial charge >= 0.3 is 0 Å². The molecular weight excluding hydrogens is 346 g/mol. The minimum atomic E-state index is -0.433. The van der Waals surface area contributed by atoms with Crippen molar-refractivity contribution in [3.05, 3.63) is 59.7 Å². The minimum Gasteiger partial charge on any atom is -0.508 e. The van der Waals surface area contributed by atoms with Gasteiger partial charge in [0, 0.05) is 18.0 Å². The van der Waals surface area contributed by atoms with E-state index < -0.39 is 6.04 Å². The van der Waals surface area contributed by atoms with E-state index in [4.69, 9.17) is 4.74 Å². The summed E-state index contributed by atoms with van der Waals surface area (Å²) in [5.74, 6) is 0.692. The molecule has 2 aromatic rings. The van der Waals surface area contributed by atoms with Crippen LogP contribution >= 0.6 is 0 Å². The van der Waals surface area contributed by atoms with E-state index in [1.54, 1.807) is 24.1 Å².